The summed E-state index contributed by atoms with van der Waals surface area (Å²) in [4.78, 5) is 4.30. The van der Waals surface area contributed by atoms with Crippen molar-refractivity contribution in [2.24, 2.45) is 10.9 Å². The number of hydrogen-bond acceptors (Lipinski definition) is 2. The van der Waals surface area contributed by atoms with Gasteiger partial charge in [-0.1, -0.05) is 38.5 Å². The maximum Gasteiger partial charge on any atom is 0.319 e. The summed E-state index contributed by atoms with van der Waals surface area (Å²) in [6.07, 6.45) is 6.03. The summed E-state index contributed by atoms with van der Waals surface area (Å²) in [5, 5.41) is 0.576. The molecule has 0 aliphatic carbocycles. The van der Waals surface area contributed by atoms with Crippen LogP contribution in [-0.4, -0.2) is 29.1 Å². The second-order valence-electron chi connectivity index (χ2n) is 4.05. The molecule has 0 spiro atoms. The Hall–Kier alpha value is -0.570. The van der Waals surface area contributed by atoms with Gasteiger partial charge in [-0.25, -0.2) is 4.58 Å². The van der Waals surface area contributed by atoms with Crippen molar-refractivity contribution < 1.29 is 4.58 Å². The van der Waals surface area contributed by atoms with Gasteiger partial charge in [-0.05, 0) is 17.3 Å². The predicted molar refractivity (Wildman–Crippen MR) is 69.9 cm³/mol. The van der Waals surface area contributed by atoms with E-state index in [9.17, 15) is 0 Å². The van der Waals surface area contributed by atoms with Gasteiger partial charge in [0.25, 0.3) is 0 Å². The zero-order chi connectivity index (χ0) is 11.3. The number of hydrogen-bond donors (Lipinski definition) is 0. The number of thioether (sulfide) groups is 1. The van der Waals surface area contributed by atoms with Crippen molar-refractivity contribution in [3.8, 4) is 0 Å². The molecule has 0 aromatic carbocycles. The Morgan fingerprint density at radius 2 is 2.20 bits per heavy atom. The van der Waals surface area contributed by atoms with E-state index < -0.39 is 0 Å². The van der Waals surface area contributed by atoms with Gasteiger partial charge in [-0.2, -0.15) is 0 Å². The number of nitrogens with zero attached hydrogens (tertiary/aromatic N) is 2. The molecule has 3 heteroatoms. The van der Waals surface area contributed by atoms with Crippen LogP contribution >= 0.6 is 11.8 Å². The first-order valence-corrected chi connectivity index (χ1v) is 6.55. The average Bonchev–Trinajstić information content (AvgIpc) is 2.26. The molecule has 84 valence electrons. The molecule has 0 aromatic rings. The summed E-state index contributed by atoms with van der Waals surface area (Å²) < 4.78 is 1.83. The second kappa shape index (κ2) is 6.11. The van der Waals surface area contributed by atoms with E-state index in [-0.39, 0.29) is 0 Å². The molecule has 0 radical (unpaired) electrons. The number of aliphatic imine (C=N–C) groups is 1. The second-order valence-corrected chi connectivity index (χ2v) is 5.14. The van der Waals surface area contributed by atoms with E-state index >= 15 is 0 Å². The van der Waals surface area contributed by atoms with Gasteiger partial charge in [0.1, 0.15) is 0 Å². The Bertz CT molecular complexity index is 277. The fourth-order valence-corrected chi connectivity index (χ4v) is 2.62. The third-order valence-corrected chi connectivity index (χ3v) is 3.77. The van der Waals surface area contributed by atoms with E-state index in [0.717, 1.165) is 11.7 Å². The lowest BCUT2D eigenvalue weighted by molar-refractivity contribution is -0.435. The largest absolute Gasteiger partial charge is 0.319 e. The molecule has 0 N–H and O–H groups in total. The molecule has 0 amide bonds. The summed E-state index contributed by atoms with van der Waals surface area (Å²) in [5.41, 5.74) is 1.95. The van der Waals surface area contributed by atoms with Crippen LogP contribution in [0.2, 0.25) is 0 Å². The third-order valence-electron chi connectivity index (χ3n) is 2.87. The highest BCUT2D eigenvalue weighted by molar-refractivity contribution is 8.12. The van der Waals surface area contributed by atoms with Gasteiger partial charge < -0.3 is 0 Å². The van der Waals surface area contributed by atoms with Crippen molar-refractivity contribution in [1.29, 1.82) is 0 Å². The molecule has 1 unspecified atom stereocenters. The lowest BCUT2D eigenvalue weighted by Gasteiger charge is -2.17. The zero-order valence-electron chi connectivity index (χ0n) is 9.94. The Balaban J connectivity index is 2.58. The quantitative estimate of drug-likeness (QED) is 0.518. The molecule has 1 heterocycles. The lowest BCUT2D eigenvalue weighted by atomic mass is 9.97. The van der Waals surface area contributed by atoms with Crippen LogP contribution in [0.3, 0.4) is 0 Å². The summed E-state index contributed by atoms with van der Waals surface area (Å²) in [6.45, 7) is 8.40. The van der Waals surface area contributed by atoms with Crippen molar-refractivity contribution in [3.63, 3.8) is 0 Å². The third kappa shape index (κ3) is 3.82. The monoisotopic (exact) mass is 225 g/mol. The fourth-order valence-electron chi connectivity index (χ4n) is 1.71. The van der Waals surface area contributed by atoms with E-state index in [2.05, 4.69) is 31.6 Å². The molecule has 1 aliphatic rings. The van der Waals surface area contributed by atoms with Crippen LogP contribution in [0.25, 0.3) is 0 Å². The van der Waals surface area contributed by atoms with Gasteiger partial charge in [0, 0.05) is 11.3 Å². The van der Waals surface area contributed by atoms with Crippen molar-refractivity contribution >= 4 is 24.0 Å². The van der Waals surface area contributed by atoms with Gasteiger partial charge in [-0.15, -0.1) is 0 Å². The minimum absolute atomic E-state index is 0.576. The molecule has 1 aliphatic heterocycles. The van der Waals surface area contributed by atoms with Gasteiger partial charge in [0.15, 0.2) is 5.55 Å². The van der Waals surface area contributed by atoms with Gasteiger partial charge in [-0.3, -0.25) is 0 Å². The molecule has 1 atom stereocenters. The summed E-state index contributed by atoms with van der Waals surface area (Å²) in [5.74, 6) is 1.83. The molecule has 0 saturated carbocycles. The fraction of sp³-hybridized carbons (Fsp3) is 0.667. The Morgan fingerprint density at radius 3 is 2.73 bits per heavy atom. The maximum absolute atomic E-state index is 4.30. The van der Waals surface area contributed by atoms with Gasteiger partial charge in [0.05, 0.1) is 13.8 Å². The Labute approximate surface area is 97.2 Å². The first-order valence-electron chi connectivity index (χ1n) is 5.61. The highest BCUT2D eigenvalue weighted by atomic mass is 32.2. The minimum Gasteiger partial charge on any atom is -0.241 e. The van der Waals surface area contributed by atoms with Crippen molar-refractivity contribution in [2.45, 2.75) is 38.4 Å². The normalized spacial score (nSPS) is 20.5. The van der Waals surface area contributed by atoms with Gasteiger partial charge >= 0.3 is 5.82 Å². The van der Waals surface area contributed by atoms with Crippen LogP contribution in [0.4, 0.5) is 0 Å². The van der Waals surface area contributed by atoms with E-state index in [1.54, 1.807) is 0 Å². The average molecular weight is 225 g/mol. The molecule has 0 aromatic heterocycles. The smallest absolute Gasteiger partial charge is 0.241 e. The van der Waals surface area contributed by atoms with Crippen molar-refractivity contribution in [3.05, 3.63) is 11.9 Å². The van der Waals surface area contributed by atoms with Crippen molar-refractivity contribution in [2.75, 3.05) is 7.05 Å². The van der Waals surface area contributed by atoms with Gasteiger partial charge in [0.2, 0.25) is 0 Å². The Kier molecular flexibility index (Phi) is 5.09. The van der Waals surface area contributed by atoms with Crippen LogP contribution < -0.4 is 0 Å². The molecular weight excluding hydrogens is 204 g/mol. The number of rotatable bonds is 5. The molecule has 0 bridgehead atoms. The molecule has 2 nitrogen and oxygen atoms in total. The molecule has 0 saturated heterocycles. The highest BCUT2D eigenvalue weighted by Crippen LogP contribution is 2.27. The maximum atomic E-state index is 4.30. The first kappa shape index (κ1) is 12.5. The highest BCUT2D eigenvalue weighted by Gasteiger charge is 2.20. The van der Waals surface area contributed by atoms with Crippen LogP contribution in [0.15, 0.2) is 16.9 Å². The van der Waals surface area contributed by atoms with Crippen LogP contribution in [0.5, 0.6) is 0 Å². The summed E-state index contributed by atoms with van der Waals surface area (Å²) >= 11 is 1.82. The lowest BCUT2D eigenvalue weighted by Crippen LogP contribution is -2.13. The van der Waals surface area contributed by atoms with E-state index in [1.165, 1.54) is 19.3 Å². The Morgan fingerprint density at radius 1 is 1.53 bits per heavy atom. The zero-order valence-corrected chi connectivity index (χ0v) is 10.8. The van der Waals surface area contributed by atoms with Crippen molar-refractivity contribution in [1.82, 2.24) is 0 Å². The standard InChI is InChI=1S/C12H21N2S/c1-5-10(6-2)7-11-8-12(14(3)4)13-9-15-11/h8-11H,3,5-7H2,1-2,4H3/q+1. The minimum atomic E-state index is 0.576. The topological polar surface area (TPSA) is 15.4 Å². The van der Waals surface area contributed by atoms with Crippen LogP contribution in [0, 0.1) is 5.92 Å². The SMILES string of the molecule is C=[N+](C)C1=CC(CC(CC)CC)SC=N1. The molecule has 0 fully saturated rings. The van der Waals surface area contributed by atoms with Crippen LogP contribution in [-0.2, 0) is 0 Å². The van der Waals surface area contributed by atoms with E-state index in [4.69, 9.17) is 0 Å². The summed E-state index contributed by atoms with van der Waals surface area (Å²) in [7, 11) is 1.94. The van der Waals surface area contributed by atoms with E-state index in [0.29, 0.717) is 5.25 Å². The summed E-state index contributed by atoms with van der Waals surface area (Å²) in [6, 6.07) is 0. The van der Waals surface area contributed by atoms with E-state index in [1.807, 2.05) is 28.9 Å². The molecular formula is C12H21N2S+. The predicted octanol–water partition coefficient (Wildman–Crippen LogP) is 3.14. The molecule has 15 heavy (non-hydrogen) atoms. The molecule has 1 rings (SSSR count). The van der Waals surface area contributed by atoms with Crippen LogP contribution in [0.1, 0.15) is 33.1 Å². The first-order chi connectivity index (χ1) is 7.17.